The Labute approximate surface area is 116 Å². The van der Waals surface area contributed by atoms with E-state index >= 15 is 0 Å². The third-order valence-corrected chi connectivity index (χ3v) is 2.82. The van der Waals surface area contributed by atoms with Crippen molar-refractivity contribution in [3.8, 4) is 5.75 Å². The second-order valence-corrected chi connectivity index (χ2v) is 4.06. The van der Waals surface area contributed by atoms with Gasteiger partial charge in [-0.15, -0.1) is 0 Å². The molecule has 7 nitrogen and oxygen atoms in total. The Kier molecular flexibility index (Phi) is 4.54. The Balaban J connectivity index is 2.22. The molecule has 0 atom stereocenters. The van der Waals surface area contributed by atoms with Crippen LogP contribution in [0.1, 0.15) is 10.5 Å². The maximum absolute atomic E-state index is 12.0. The molecule has 0 aromatic carbocycles. The third-order valence-electron chi connectivity index (χ3n) is 2.82. The fraction of sp³-hybridized carbons (Fsp3) is 0.385. The number of fused-ring (bicyclic) bond motifs is 1. The molecule has 0 unspecified atom stereocenters. The summed E-state index contributed by atoms with van der Waals surface area (Å²) in [6.07, 6.45) is 3.24. The topological polar surface area (TPSA) is 65.3 Å². The predicted molar refractivity (Wildman–Crippen MR) is 71.7 cm³/mol. The minimum absolute atomic E-state index is 0.270. The fourth-order valence-corrected chi connectivity index (χ4v) is 1.70. The molecule has 0 fully saturated rings. The van der Waals surface area contributed by atoms with Crippen molar-refractivity contribution in [3.05, 3.63) is 30.2 Å². The van der Waals surface area contributed by atoms with E-state index in [2.05, 4.69) is 4.98 Å². The SMILES string of the molecule is COCCOc1ccn2c(C(=O)N(C)OC)cnc2c1. The smallest absolute Gasteiger partial charge is 0.295 e. The van der Waals surface area contributed by atoms with Crippen LogP contribution < -0.4 is 4.74 Å². The summed E-state index contributed by atoms with van der Waals surface area (Å²) in [4.78, 5) is 21.1. The number of ether oxygens (including phenoxy) is 2. The van der Waals surface area contributed by atoms with Crippen LogP contribution in [-0.2, 0) is 9.57 Å². The van der Waals surface area contributed by atoms with E-state index in [0.29, 0.717) is 30.3 Å². The molecule has 108 valence electrons. The average Bonchev–Trinajstić information content (AvgIpc) is 2.89. The first-order valence-electron chi connectivity index (χ1n) is 6.08. The lowest BCUT2D eigenvalue weighted by molar-refractivity contribution is -0.0761. The molecule has 0 bridgehead atoms. The molecule has 7 heteroatoms. The third kappa shape index (κ3) is 2.89. The van der Waals surface area contributed by atoms with Gasteiger partial charge in [0, 0.05) is 26.4 Å². The van der Waals surface area contributed by atoms with E-state index in [-0.39, 0.29) is 5.91 Å². The lowest BCUT2D eigenvalue weighted by atomic mass is 10.4. The van der Waals surface area contributed by atoms with Crippen molar-refractivity contribution in [2.75, 3.05) is 34.5 Å². The van der Waals surface area contributed by atoms with Gasteiger partial charge in [0.15, 0.2) is 0 Å². The zero-order chi connectivity index (χ0) is 14.5. The summed E-state index contributed by atoms with van der Waals surface area (Å²) in [5.74, 6) is 0.410. The van der Waals surface area contributed by atoms with Gasteiger partial charge in [0.25, 0.3) is 5.91 Å². The summed E-state index contributed by atoms with van der Waals surface area (Å²) >= 11 is 0. The number of imidazole rings is 1. The lowest BCUT2D eigenvalue weighted by Crippen LogP contribution is -2.26. The van der Waals surface area contributed by atoms with Crippen LogP contribution in [0.15, 0.2) is 24.5 Å². The number of amides is 1. The van der Waals surface area contributed by atoms with Crippen LogP contribution in [0, 0.1) is 0 Å². The molecular formula is C13H17N3O4. The molecule has 2 heterocycles. The van der Waals surface area contributed by atoms with Gasteiger partial charge in [0.2, 0.25) is 0 Å². The van der Waals surface area contributed by atoms with Crippen molar-refractivity contribution in [1.82, 2.24) is 14.4 Å². The predicted octanol–water partition coefficient (Wildman–Crippen LogP) is 0.993. The van der Waals surface area contributed by atoms with E-state index in [4.69, 9.17) is 14.3 Å². The van der Waals surface area contributed by atoms with Crippen LogP contribution in [0.4, 0.5) is 0 Å². The van der Waals surface area contributed by atoms with Crippen LogP contribution in [0.3, 0.4) is 0 Å². The Morgan fingerprint density at radius 1 is 1.40 bits per heavy atom. The standard InChI is InChI=1S/C13H17N3O4/c1-15(19-3)13(17)11-9-14-12-8-10(4-5-16(11)12)20-7-6-18-2/h4-5,8-9H,6-7H2,1-3H3. The highest BCUT2D eigenvalue weighted by Crippen LogP contribution is 2.16. The normalized spacial score (nSPS) is 10.8. The molecule has 2 aromatic rings. The van der Waals surface area contributed by atoms with Gasteiger partial charge in [0.05, 0.1) is 19.9 Å². The van der Waals surface area contributed by atoms with E-state index < -0.39 is 0 Å². The molecule has 0 N–H and O–H groups in total. The van der Waals surface area contributed by atoms with E-state index in [0.717, 1.165) is 5.06 Å². The number of rotatable bonds is 6. The highest BCUT2D eigenvalue weighted by Gasteiger charge is 2.16. The number of carbonyl (C=O) groups is 1. The fourth-order valence-electron chi connectivity index (χ4n) is 1.70. The Hall–Kier alpha value is -2.12. The Morgan fingerprint density at radius 2 is 2.20 bits per heavy atom. The van der Waals surface area contributed by atoms with Crippen molar-refractivity contribution < 1.29 is 19.1 Å². The highest BCUT2D eigenvalue weighted by molar-refractivity contribution is 5.92. The number of nitrogens with zero attached hydrogens (tertiary/aromatic N) is 3. The first-order chi connectivity index (χ1) is 9.67. The van der Waals surface area contributed by atoms with Crippen LogP contribution in [0.5, 0.6) is 5.75 Å². The molecule has 2 aromatic heterocycles. The summed E-state index contributed by atoms with van der Waals surface area (Å²) in [5, 5.41) is 1.15. The van der Waals surface area contributed by atoms with E-state index in [1.54, 1.807) is 36.9 Å². The lowest BCUT2D eigenvalue weighted by Gasteiger charge is -2.13. The molecule has 0 spiro atoms. The second-order valence-electron chi connectivity index (χ2n) is 4.06. The number of carbonyl (C=O) groups excluding carboxylic acids is 1. The van der Waals surface area contributed by atoms with Crippen molar-refractivity contribution in [1.29, 1.82) is 0 Å². The van der Waals surface area contributed by atoms with Gasteiger partial charge in [-0.2, -0.15) is 0 Å². The summed E-state index contributed by atoms with van der Waals surface area (Å²) in [5.41, 5.74) is 1.06. The monoisotopic (exact) mass is 279 g/mol. The zero-order valence-corrected chi connectivity index (χ0v) is 11.7. The van der Waals surface area contributed by atoms with Crippen molar-refractivity contribution in [2.24, 2.45) is 0 Å². The van der Waals surface area contributed by atoms with Gasteiger partial charge in [-0.1, -0.05) is 0 Å². The van der Waals surface area contributed by atoms with Gasteiger partial charge in [0.1, 0.15) is 23.7 Å². The molecule has 0 saturated carbocycles. The molecule has 0 radical (unpaired) electrons. The number of methoxy groups -OCH3 is 1. The number of hydroxylamine groups is 2. The van der Waals surface area contributed by atoms with Gasteiger partial charge < -0.3 is 9.47 Å². The van der Waals surface area contributed by atoms with Crippen LogP contribution in [0.25, 0.3) is 5.65 Å². The quantitative estimate of drug-likeness (QED) is 0.583. The summed E-state index contributed by atoms with van der Waals surface area (Å²) in [6.45, 7) is 0.980. The zero-order valence-electron chi connectivity index (χ0n) is 11.7. The molecule has 2 rings (SSSR count). The van der Waals surface area contributed by atoms with Crippen molar-refractivity contribution in [3.63, 3.8) is 0 Å². The Morgan fingerprint density at radius 3 is 2.90 bits per heavy atom. The van der Waals surface area contributed by atoms with E-state index in [9.17, 15) is 4.79 Å². The Bertz CT molecular complexity index is 596. The van der Waals surface area contributed by atoms with Gasteiger partial charge >= 0.3 is 0 Å². The molecule has 0 aliphatic heterocycles. The summed E-state index contributed by atoms with van der Waals surface area (Å²) < 4.78 is 12.1. The first kappa shape index (κ1) is 14.3. The average molecular weight is 279 g/mol. The number of pyridine rings is 1. The summed E-state index contributed by atoms with van der Waals surface area (Å²) in [6, 6.07) is 3.53. The number of hydrogen-bond acceptors (Lipinski definition) is 5. The molecule has 0 saturated heterocycles. The molecule has 0 aliphatic carbocycles. The van der Waals surface area contributed by atoms with E-state index in [1.165, 1.54) is 13.3 Å². The van der Waals surface area contributed by atoms with Gasteiger partial charge in [-0.3, -0.25) is 14.0 Å². The summed E-state index contributed by atoms with van der Waals surface area (Å²) in [7, 11) is 4.60. The van der Waals surface area contributed by atoms with Crippen LogP contribution in [-0.4, -0.2) is 54.8 Å². The number of aromatic nitrogens is 2. The minimum Gasteiger partial charge on any atom is -0.491 e. The first-order valence-corrected chi connectivity index (χ1v) is 6.08. The highest BCUT2D eigenvalue weighted by atomic mass is 16.7. The van der Waals surface area contributed by atoms with Crippen molar-refractivity contribution in [2.45, 2.75) is 0 Å². The molecule has 1 amide bonds. The minimum atomic E-state index is -0.270. The van der Waals surface area contributed by atoms with E-state index in [1.807, 2.05) is 0 Å². The number of hydrogen-bond donors (Lipinski definition) is 0. The molecule has 0 aliphatic rings. The molecule has 20 heavy (non-hydrogen) atoms. The van der Waals surface area contributed by atoms with Gasteiger partial charge in [-0.05, 0) is 6.07 Å². The second kappa shape index (κ2) is 6.36. The maximum Gasteiger partial charge on any atom is 0.295 e. The maximum atomic E-state index is 12.0. The van der Waals surface area contributed by atoms with Crippen LogP contribution >= 0.6 is 0 Å². The molecular weight excluding hydrogens is 262 g/mol. The van der Waals surface area contributed by atoms with Gasteiger partial charge in [-0.25, -0.2) is 10.0 Å². The largest absolute Gasteiger partial charge is 0.491 e. The van der Waals surface area contributed by atoms with Crippen molar-refractivity contribution >= 4 is 11.6 Å². The van der Waals surface area contributed by atoms with Crippen LogP contribution in [0.2, 0.25) is 0 Å².